The van der Waals surface area contributed by atoms with Crippen LogP contribution in [0.25, 0.3) is 0 Å². The zero-order chi connectivity index (χ0) is 15.0. The molecule has 2 nitrogen and oxygen atoms in total. The molecular formula is C17H29FN2. The molecule has 0 aliphatic heterocycles. The summed E-state index contributed by atoms with van der Waals surface area (Å²) >= 11 is 0. The van der Waals surface area contributed by atoms with Crippen LogP contribution in [0, 0.1) is 12.7 Å². The van der Waals surface area contributed by atoms with E-state index in [4.69, 9.17) is 0 Å². The van der Waals surface area contributed by atoms with Crippen LogP contribution in [-0.2, 0) is 6.54 Å². The average Bonchev–Trinajstić information content (AvgIpc) is 2.42. The summed E-state index contributed by atoms with van der Waals surface area (Å²) in [5, 5.41) is 3.53. The van der Waals surface area contributed by atoms with E-state index in [1.165, 1.54) is 31.0 Å². The lowest BCUT2D eigenvalue weighted by molar-refractivity contribution is 0.290. The molecule has 0 spiro atoms. The van der Waals surface area contributed by atoms with Crippen LogP contribution < -0.4 is 5.32 Å². The topological polar surface area (TPSA) is 15.3 Å². The first-order chi connectivity index (χ1) is 9.56. The summed E-state index contributed by atoms with van der Waals surface area (Å²) < 4.78 is 13.0. The quantitative estimate of drug-likeness (QED) is 0.741. The zero-order valence-electron chi connectivity index (χ0n) is 13.4. The van der Waals surface area contributed by atoms with Crippen molar-refractivity contribution in [2.45, 2.75) is 53.1 Å². The van der Waals surface area contributed by atoms with Crippen molar-refractivity contribution >= 4 is 0 Å². The summed E-state index contributed by atoms with van der Waals surface area (Å²) in [6, 6.07) is 5.51. The highest BCUT2D eigenvalue weighted by molar-refractivity contribution is 5.26. The lowest BCUT2D eigenvalue weighted by atomic mass is 10.1. The minimum atomic E-state index is -0.154. The SMILES string of the molecule is CCN(CC)CCCC(C)NCc1ccc(F)cc1C. The summed E-state index contributed by atoms with van der Waals surface area (Å²) in [6.45, 7) is 12.9. The Morgan fingerprint density at radius 1 is 1.25 bits per heavy atom. The normalized spacial score (nSPS) is 12.9. The summed E-state index contributed by atoms with van der Waals surface area (Å²) in [4.78, 5) is 2.46. The van der Waals surface area contributed by atoms with Gasteiger partial charge in [0.25, 0.3) is 0 Å². The van der Waals surface area contributed by atoms with Gasteiger partial charge in [0.2, 0.25) is 0 Å². The number of nitrogens with one attached hydrogen (secondary N) is 1. The first-order valence-electron chi connectivity index (χ1n) is 7.77. The molecule has 0 aliphatic carbocycles. The Labute approximate surface area is 123 Å². The Kier molecular flexibility index (Phi) is 7.78. The summed E-state index contributed by atoms with van der Waals surface area (Å²) in [7, 11) is 0. The van der Waals surface area contributed by atoms with Gasteiger partial charge in [-0.2, -0.15) is 0 Å². The predicted molar refractivity (Wildman–Crippen MR) is 84.5 cm³/mol. The van der Waals surface area contributed by atoms with E-state index in [9.17, 15) is 4.39 Å². The van der Waals surface area contributed by atoms with Crippen molar-refractivity contribution in [1.29, 1.82) is 0 Å². The van der Waals surface area contributed by atoms with Crippen molar-refractivity contribution in [2.75, 3.05) is 19.6 Å². The van der Waals surface area contributed by atoms with Crippen molar-refractivity contribution in [3.8, 4) is 0 Å². The number of rotatable bonds is 9. The van der Waals surface area contributed by atoms with E-state index in [0.717, 1.165) is 25.2 Å². The summed E-state index contributed by atoms with van der Waals surface area (Å²) in [5.74, 6) is -0.154. The van der Waals surface area contributed by atoms with Gasteiger partial charge in [0.15, 0.2) is 0 Å². The smallest absolute Gasteiger partial charge is 0.123 e. The van der Waals surface area contributed by atoms with Crippen molar-refractivity contribution in [2.24, 2.45) is 0 Å². The Hall–Kier alpha value is -0.930. The molecule has 1 aromatic carbocycles. The Morgan fingerprint density at radius 3 is 2.55 bits per heavy atom. The van der Waals surface area contributed by atoms with Crippen molar-refractivity contribution < 1.29 is 4.39 Å². The second kappa shape index (κ2) is 9.09. The Morgan fingerprint density at radius 2 is 1.95 bits per heavy atom. The lowest BCUT2D eigenvalue weighted by Gasteiger charge is -2.20. The van der Waals surface area contributed by atoms with E-state index in [2.05, 4.69) is 31.0 Å². The molecule has 1 N–H and O–H groups in total. The molecule has 114 valence electrons. The third-order valence-electron chi connectivity index (χ3n) is 3.95. The minimum Gasteiger partial charge on any atom is -0.310 e. The predicted octanol–water partition coefficient (Wildman–Crippen LogP) is 3.73. The summed E-state index contributed by atoms with van der Waals surface area (Å²) in [6.07, 6.45) is 2.40. The van der Waals surface area contributed by atoms with E-state index in [1.807, 2.05) is 13.0 Å². The second-order valence-corrected chi connectivity index (χ2v) is 5.52. The number of aryl methyl sites for hydroxylation is 1. The number of halogens is 1. The number of benzene rings is 1. The van der Waals surface area contributed by atoms with Gasteiger partial charge in [-0.25, -0.2) is 4.39 Å². The molecule has 1 rings (SSSR count). The Bertz CT molecular complexity index is 389. The molecule has 0 radical (unpaired) electrons. The van der Waals surface area contributed by atoms with E-state index < -0.39 is 0 Å². The lowest BCUT2D eigenvalue weighted by Crippen LogP contribution is -2.29. The highest BCUT2D eigenvalue weighted by Crippen LogP contribution is 2.10. The third-order valence-corrected chi connectivity index (χ3v) is 3.95. The van der Waals surface area contributed by atoms with Gasteiger partial charge in [-0.3, -0.25) is 0 Å². The van der Waals surface area contributed by atoms with Crippen LogP contribution in [-0.4, -0.2) is 30.6 Å². The number of hydrogen-bond donors (Lipinski definition) is 1. The molecule has 1 atom stereocenters. The molecule has 0 aromatic heterocycles. The molecule has 1 aromatic rings. The van der Waals surface area contributed by atoms with Crippen LogP contribution >= 0.6 is 0 Å². The van der Waals surface area contributed by atoms with Gasteiger partial charge in [-0.15, -0.1) is 0 Å². The van der Waals surface area contributed by atoms with Gasteiger partial charge >= 0.3 is 0 Å². The molecule has 3 heteroatoms. The van der Waals surface area contributed by atoms with Crippen LogP contribution in [0.3, 0.4) is 0 Å². The van der Waals surface area contributed by atoms with E-state index >= 15 is 0 Å². The molecule has 0 saturated heterocycles. The third kappa shape index (κ3) is 6.02. The molecule has 0 amide bonds. The summed E-state index contributed by atoms with van der Waals surface area (Å²) in [5.41, 5.74) is 2.20. The van der Waals surface area contributed by atoms with Gasteiger partial charge < -0.3 is 10.2 Å². The number of hydrogen-bond acceptors (Lipinski definition) is 2. The van der Waals surface area contributed by atoms with Gasteiger partial charge in [0.1, 0.15) is 5.82 Å². The van der Waals surface area contributed by atoms with Crippen LogP contribution in [0.2, 0.25) is 0 Å². The fourth-order valence-electron chi connectivity index (χ4n) is 2.40. The maximum absolute atomic E-state index is 13.0. The molecule has 0 bridgehead atoms. The van der Waals surface area contributed by atoms with Crippen LogP contribution in [0.15, 0.2) is 18.2 Å². The van der Waals surface area contributed by atoms with Crippen LogP contribution in [0.1, 0.15) is 44.7 Å². The van der Waals surface area contributed by atoms with E-state index in [-0.39, 0.29) is 5.82 Å². The average molecular weight is 280 g/mol. The highest BCUT2D eigenvalue weighted by atomic mass is 19.1. The molecule has 1 unspecified atom stereocenters. The highest BCUT2D eigenvalue weighted by Gasteiger charge is 2.05. The molecule has 20 heavy (non-hydrogen) atoms. The second-order valence-electron chi connectivity index (χ2n) is 5.52. The first kappa shape index (κ1) is 17.1. The molecule has 0 aliphatic rings. The largest absolute Gasteiger partial charge is 0.310 e. The molecule has 0 fully saturated rings. The van der Waals surface area contributed by atoms with E-state index in [1.54, 1.807) is 6.07 Å². The van der Waals surface area contributed by atoms with E-state index in [0.29, 0.717) is 6.04 Å². The van der Waals surface area contributed by atoms with Gasteiger partial charge in [0, 0.05) is 12.6 Å². The van der Waals surface area contributed by atoms with Crippen molar-refractivity contribution in [3.63, 3.8) is 0 Å². The number of nitrogens with zero attached hydrogens (tertiary/aromatic N) is 1. The fourth-order valence-corrected chi connectivity index (χ4v) is 2.40. The maximum Gasteiger partial charge on any atom is 0.123 e. The maximum atomic E-state index is 13.0. The fraction of sp³-hybridized carbons (Fsp3) is 0.647. The first-order valence-corrected chi connectivity index (χ1v) is 7.77. The standard InChI is InChI=1S/C17H29FN2/c1-5-20(6-2)11-7-8-15(4)19-13-16-9-10-17(18)12-14(16)3/h9-10,12,15,19H,5-8,11,13H2,1-4H3. The van der Waals surface area contributed by atoms with Crippen molar-refractivity contribution in [3.05, 3.63) is 35.1 Å². The van der Waals surface area contributed by atoms with Gasteiger partial charge in [0.05, 0.1) is 0 Å². The van der Waals surface area contributed by atoms with Crippen LogP contribution in [0.4, 0.5) is 4.39 Å². The van der Waals surface area contributed by atoms with Crippen molar-refractivity contribution in [1.82, 2.24) is 10.2 Å². The monoisotopic (exact) mass is 280 g/mol. The molecular weight excluding hydrogens is 251 g/mol. The zero-order valence-corrected chi connectivity index (χ0v) is 13.4. The van der Waals surface area contributed by atoms with Gasteiger partial charge in [-0.1, -0.05) is 19.9 Å². The molecule has 0 saturated carbocycles. The molecule has 0 heterocycles. The van der Waals surface area contributed by atoms with Crippen LogP contribution in [0.5, 0.6) is 0 Å². The Balaban J connectivity index is 2.27. The van der Waals surface area contributed by atoms with Gasteiger partial charge in [-0.05, 0) is 69.6 Å². The minimum absolute atomic E-state index is 0.154.